The Morgan fingerprint density at radius 3 is 2.13 bits per heavy atom. The molecule has 5 nitrogen and oxygen atoms in total. The molecule has 0 spiro atoms. The second kappa shape index (κ2) is 10.3. The lowest BCUT2D eigenvalue weighted by atomic mass is 10.0. The van der Waals surface area contributed by atoms with E-state index in [1.54, 1.807) is 31.3 Å². The number of benzene rings is 3. The maximum absolute atomic E-state index is 12.3. The second-order valence-corrected chi connectivity index (χ2v) is 6.90. The van der Waals surface area contributed by atoms with Crippen LogP contribution in [0.5, 0.6) is 5.75 Å². The van der Waals surface area contributed by atoms with Gasteiger partial charge in [-0.1, -0.05) is 54.6 Å². The molecule has 160 valence electrons. The molecule has 0 aliphatic rings. The third-order valence-corrected chi connectivity index (χ3v) is 4.65. The highest BCUT2D eigenvalue weighted by molar-refractivity contribution is 5.96. The van der Waals surface area contributed by atoms with Gasteiger partial charge in [0.05, 0.1) is 6.54 Å². The highest BCUT2D eigenvalue weighted by Crippen LogP contribution is 2.19. The fraction of sp³-hybridized carbons (Fsp3) is 0.167. The van der Waals surface area contributed by atoms with E-state index in [1.807, 2.05) is 42.5 Å². The summed E-state index contributed by atoms with van der Waals surface area (Å²) in [5, 5.41) is 2.62. The molecule has 0 aromatic heterocycles. The molecular weight excluding hydrogens is 402 g/mol. The minimum absolute atomic E-state index is 0.0540. The minimum Gasteiger partial charge on any atom is -0.435 e. The van der Waals surface area contributed by atoms with Gasteiger partial charge in [-0.3, -0.25) is 9.59 Å². The Morgan fingerprint density at radius 1 is 0.903 bits per heavy atom. The smallest absolute Gasteiger partial charge is 0.387 e. The van der Waals surface area contributed by atoms with Gasteiger partial charge in [0.15, 0.2) is 0 Å². The number of halogens is 2. The maximum atomic E-state index is 12.3. The molecule has 0 heterocycles. The van der Waals surface area contributed by atoms with Crippen LogP contribution in [0.25, 0.3) is 11.1 Å². The standard InChI is InChI=1S/C24H22F2N2O3/c1-28(16-17-7-13-21(14-8-17)31-24(25)26)22(29)15-27-23(30)20-11-9-19(10-12-20)18-5-3-2-4-6-18/h2-14,24H,15-16H2,1H3,(H,27,30). The normalized spacial score (nSPS) is 10.6. The van der Waals surface area contributed by atoms with Crippen LogP contribution < -0.4 is 10.1 Å². The largest absolute Gasteiger partial charge is 0.435 e. The molecular formula is C24H22F2N2O3. The monoisotopic (exact) mass is 424 g/mol. The summed E-state index contributed by atoms with van der Waals surface area (Å²) in [7, 11) is 1.60. The lowest BCUT2D eigenvalue weighted by Crippen LogP contribution is -2.37. The zero-order valence-corrected chi connectivity index (χ0v) is 16.9. The molecule has 0 saturated heterocycles. The van der Waals surface area contributed by atoms with E-state index in [9.17, 15) is 18.4 Å². The summed E-state index contributed by atoms with van der Waals surface area (Å²) in [6, 6.07) is 23.0. The molecule has 0 radical (unpaired) electrons. The van der Waals surface area contributed by atoms with Gasteiger partial charge >= 0.3 is 6.61 Å². The van der Waals surface area contributed by atoms with E-state index in [4.69, 9.17) is 0 Å². The first-order valence-corrected chi connectivity index (χ1v) is 9.64. The van der Waals surface area contributed by atoms with Gasteiger partial charge in [-0.15, -0.1) is 0 Å². The number of carbonyl (C=O) groups is 2. The lowest BCUT2D eigenvalue weighted by Gasteiger charge is -2.18. The number of alkyl halides is 2. The van der Waals surface area contributed by atoms with Crippen LogP contribution in [-0.2, 0) is 11.3 Å². The van der Waals surface area contributed by atoms with Crippen LogP contribution in [0.15, 0.2) is 78.9 Å². The Labute approximate surface area is 179 Å². The first-order valence-electron chi connectivity index (χ1n) is 9.64. The molecule has 3 rings (SSSR count). The molecule has 0 saturated carbocycles. The highest BCUT2D eigenvalue weighted by Gasteiger charge is 2.13. The van der Waals surface area contributed by atoms with E-state index >= 15 is 0 Å². The number of nitrogens with one attached hydrogen (secondary N) is 1. The Bertz CT molecular complexity index is 1010. The van der Waals surface area contributed by atoms with E-state index in [0.29, 0.717) is 5.56 Å². The average Bonchev–Trinajstić information content (AvgIpc) is 2.79. The van der Waals surface area contributed by atoms with Crippen LogP contribution in [0.4, 0.5) is 8.78 Å². The van der Waals surface area contributed by atoms with Crippen LogP contribution in [0.1, 0.15) is 15.9 Å². The number of likely N-dealkylation sites (N-methyl/N-ethyl adjacent to an activating group) is 1. The van der Waals surface area contributed by atoms with Gasteiger partial charge in [0.1, 0.15) is 5.75 Å². The van der Waals surface area contributed by atoms with E-state index < -0.39 is 6.61 Å². The molecule has 0 aliphatic heterocycles. The lowest BCUT2D eigenvalue weighted by molar-refractivity contribution is -0.129. The number of carbonyl (C=O) groups excluding carboxylic acids is 2. The van der Waals surface area contributed by atoms with Crippen molar-refractivity contribution in [2.75, 3.05) is 13.6 Å². The summed E-state index contributed by atoms with van der Waals surface area (Å²) >= 11 is 0. The van der Waals surface area contributed by atoms with Gasteiger partial charge in [0.25, 0.3) is 5.91 Å². The van der Waals surface area contributed by atoms with Crippen molar-refractivity contribution in [2.24, 2.45) is 0 Å². The number of amides is 2. The average molecular weight is 424 g/mol. The molecule has 7 heteroatoms. The number of ether oxygens (including phenoxy) is 1. The van der Waals surface area contributed by atoms with E-state index in [0.717, 1.165) is 16.7 Å². The Hall–Kier alpha value is -3.74. The fourth-order valence-corrected chi connectivity index (χ4v) is 2.98. The van der Waals surface area contributed by atoms with Crippen molar-refractivity contribution in [3.63, 3.8) is 0 Å². The maximum Gasteiger partial charge on any atom is 0.387 e. The summed E-state index contributed by atoms with van der Waals surface area (Å²) in [6.45, 7) is -2.76. The zero-order chi connectivity index (χ0) is 22.2. The first kappa shape index (κ1) is 22.0. The van der Waals surface area contributed by atoms with Crippen molar-refractivity contribution < 1.29 is 23.1 Å². The fourth-order valence-electron chi connectivity index (χ4n) is 2.98. The predicted molar refractivity (Wildman–Crippen MR) is 114 cm³/mol. The summed E-state index contributed by atoms with van der Waals surface area (Å²) in [5.41, 5.74) is 3.27. The molecule has 0 fully saturated rings. The van der Waals surface area contributed by atoms with Crippen molar-refractivity contribution in [3.8, 4) is 16.9 Å². The van der Waals surface area contributed by atoms with Crippen LogP contribution in [-0.4, -0.2) is 36.9 Å². The summed E-state index contributed by atoms with van der Waals surface area (Å²) in [4.78, 5) is 26.1. The van der Waals surface area contributed by atoms with Gasteiger partial charge in [-0.05, 0) is 41.0 Å². The van der Waals surface area contributed by atoms with Crippen molar-refractivity contribution >= 4 is 11.8 Å². The number of rotatable bonds is 8. The van der Waals surface area contributed by atoms with E-state index in [2.05, 4.69) is 10.1 Å². The zero-order valence-electron chi connectivity index (χ0n) is 16.9. The molecule has 0 bridgehead atoms. The van der Waals surface area contributed by atoms with Crippen LogP contribution in [0.2, 0.25) is 0 Å². The Morgan fingerprint density at radius 2 is 1.52 bits per heavy atom. The molecule has 2 amide bonds. The van der Waals surface area contributed by atoms with E-state index in [1.165, 1.54) is 17.0 Å². The molecule has 31 heavy (non-hydrogen) atoms. The topological polar surface area (TPSA) is 58.6 Å². The molecule has 1 N–H and O–H groups in total. The van der Waals surface area contributed by atoms with Crippen LogP contribution in [0.3, 0.4) is 0 Å². The van der Waals surface area contributed by atoms with Crippen LogP contribution >= 0.6 is 0 Å². The molecule has 0 unspecified atom stereocenters. The number of hydrogen-bond donors (Lipinski definition) is 1. The summed E-state index contributed by atoms with van der Waals surface area (Å²) in [6.07, 6.45) is 0. The van der Waals surface area contributed by atoms with Gasteiger partial charge in [-0.2, -0.15) is 8.78 Å². The van der Waals surface area contributed by atoms with Gasteiger partial charge in [0, 0.05) is 19.2 Å². The van der Waals surface area contributed by atoms with Crippen LogP contribution in [0, 0.1) is 0 Å². The number of hydrogen-bond acceptors (Lipinski definition) is 3. The van der Waals surface area contributed by atoms with Crippen molar-refractivity contribution in [1.82, 2.24) is 10.2 Å². The molecule has 3 aromatic rings. The van der Waals surface area contributed by atoms with Gasteiger partial charge in [0.2, 0.25) is 5.91 Å². The quantitative estimate of drug-likeness (QED) is 0.585. The third kappa shape index (κ3) is 6.37. The SMILES string of the molecule is CN(Cc1ccc(OC(F)F)cc1)C(=O)CNC(=O)c1ccc(-c2ccccc2)cc1. The predicted octanol–water partition coefficient (Wildman–Crippen LogP) is 4.34. The molecule has 0 atom stereocenters. The van der Waals surface area contributed by atoms with Crippen molar-refractivity contribution in [2.45, 2.75) is 13.2 Å². The molecule has 0 aliphatic carbocycles. The third-order valence-electron chi connectivity index (χ3n) is 4.65. The van der Waals surface area contributed by atoms with Crippen molar-refractivity contribution in [3.05, 3.63) is 90.0 Å². The molecule has 3 aromatic carbocycles. The van der Waals surface area contributed by atoms with Gasteiger partial charge < -0.3 is 15.0 Å². The Balaban J connectivity index is 1.49. The minimum atomic E-state index is -2.88. The van der Waals surface area contributed by atoms with Gasteiger partial charge in [-0.25, -0.2) is 0 Å². The first-order chi connectivity index (χ1) is 14.9. The summed E-state index contributed by atoms with van der Waals surface area (Å²) < 4.78 is 28.7. The Kier molecular flexibility index (Phi) is 7.32. The van der Waals surface area contributed by atoms with Crippen molar-refractivity contribution in [1.29, 1.82) is 0 Å². The number of nitrogens with zero attached hydrogens (tertiary/aromatic N) is 1. The second-order valence-electron chi connectivity index (χ2n) is 6.90. The van der Waals surface area contributed by atoms with E-state index in [-0.39, 0.29) is 30.7 Å². The highest BCUT2D eigenvalue weighted by atomic mass is 19.3. The summed E-state index contributed by atoms with van der Waals surface area (Å²) in [5.74, 6) is -0.560.